The number of allylic oxidation sites excluding steroid dienone is 1. The highest BCUT2D eigenvalue weighted by atomic mass is 16.6. The van der Waals surface area contributed by atoms with Gasteiger partial charge in [0.2, 0.25) is 0 Å². The first kappa shape index (κ1) is 12.9. The summed E-state index contributed by atoms with van der Waals surface area (Å²) in [5.74, 6) is 0.884. The summed E-state index contributed by atoms with van der Waals surface area (Å²) in [4.78, 5) is 13.8. The molecule has 0 N–H and O–H groups in total. The minimum absolute atomic E-state index is 0.229. The Morgan fingerprint density at radius 2 is 2.22 bits per heavy atom. The SMILES string of the molecule is CC(C)(C)OC(=O)N1CC2CCC(=CC#N)C2C1. The zero-order valence-electron chi connectivity index (χ0n) is 11.3. The van der Waals surface area contributed by atoms with Crippen molar-refractivity contribution in [2.24, 2.45) is 11.8 Å². The molecule has 2 atom stereocenters. The van der Waals surface area contributed by atoms with E-state index >= 15 is 0 Å². The van der Waals surface area contributed by atoms with Gasteiger partial charge in [-0.2, -0.15) is 5.26 Å². The van der Waals surface area contributed by atoms with Crippen LogP contribution in [0, 0.1) is 23.2 Å². The van der Waals surface area contributed by atoms with Crippen molar-refractivity contribution >= 4 is 6.09 Å². The third-order valence-corrected chi connectivity index (χ3v) is 3.62. The van der Waals surface area contributed by atoms with Gasteiger partial charge in [0.25, 0.3) is 0 Å². The molecule has 0 bridgehead atoms. The molecular formula is C14H20N2O2. The summed E-state index contributed by atoms with van der Waals surface area (Å²) in [7, 11) is 0. The molecule has 2 rings (SSSR count). The van der Waals surface area contributed by atoms with Crippen molar-refractivity contribution < 1.29 is 9.53 Å². The van der Waals surface area contributed by atoms with E-state index in [2.05, 4.69) is 6.07 Å². The Bertz CT molecular complexity index is 414. The lowest BCUT2D eigenvalue weighted by atomic mass is 9.97. The number of nitrogens with zero attached hydrogens (tertiary/aromatic N) is 2. The largest absolute Gasteiger partial charge is 0.444 e. The Kier molecular flexibility index (Phi) is 3.34. The first-order valence-corrected chi connectivity index (χ1v) is 6.47. The van der Waals surface area contributed by atoms with Crippen LogP contribution in [0.4, 0.5) is 4.79 Å². The zero-order valence-corrected chi connectivity index (χ0v) is 11.3. The minimum atomic E-state index is -0.444. The van der Waals surface area contributed by atoms with E-state index in [1.54, 1.807) is 11.0 Å². The summed E-state index contributed by atoms with van der Waals surface area (Å²) in [6, 6.07) is 2.11. The van der Waals surface area contributed by atoms with Crippen LogP contribution in [0.5, 0.6) is 0 Å². The normalized spacial score (nSPS) is 29.2. The molecule has 4 heteroatoms. The molecule has 1 aliphatic heterocycles. The van der Waals surface area contributed by atoms with Crippen molar-refractivity contribution in [3.8, 4) is 6.07 Å². The lowest BCUT2D eigenvalue weighted by Gasteiger charge is -2.24. The monoisotopic (exact) mass is 248 g/mol. The summed E-state index contributed by atoms with van der Waals surface area (Å²) < 4.78 is 5.38. The van der Waals surface area contributed by atoms with Gasteiger partial charge in [-0.1, -0.05) is 5.57 Å². The Morgan fingerprint density at radius 1 is 1.50 bits per heavy atom. The molecule has 2 fully saturated rings. The van der Waals surface area contributed by atoms with Gasteiger partial charge in [-0.15, -0.1) is 0 Å². The van der Waals surface area contributed by atoms with E-state index in [0.717, 1.165) is 19.4 Å². The highest BCUT2D eigenvalue weighted by Gasteiger charge is 2.42. The second-order valence-electron chi connectivity index (χ2n) is 6.14. The Balaban J connectivity index is 1.99. The highest BCUT2D eigenvalue weighted by Crippen LogP contribution is 2.41. The first-order chi connectivity index (χ1) is 8.40. The second kappa shape index (κ2) is 4.64. The fourth-order valence-corrected chi connectivity index (χ4v) is 2.86. The maximum absolute atomic E-state index is 12.0. The quantitative estimate of drug-likeness (QED) is 0.619. The van der Waals surface area contributed by atoms with Crippen molar-refractivity contribution in [1.29, 1.82) is 5.26 Å². The standard InChI is InChI=1S/C14H20N2O2/c1-14(2,3)18-13(17)16-8-11-5-4-10(6-7-15)12(11)9-16/h6,11-12H,4-5,8-9H2,1-3H3. The first-order valence-electron chi connectivity index (χ1n) is 6.47. The second-order valence-corrected chi connectivity index (χ2v) is 6.14. The topological polar surface area (TPSA) is 53.3 Å². The van der Waals surface area contributed by atoms with Crippen LogP contribution in [0.15, 0.2) is 11.6 Å². The molecule has 0 aromatic carbocycles. The van der Waals surface area contributed by atoms with E-state index in [4.69, 9.17) is 10.00 Å². The third kappa shape index (κ3) is 2.66. The molecule has 1 aliphatic carbocycles. The van der Waals surface area contributed by atoms with Gasteiger partial charge in [-0.25, -0.2) is 4.79 Å². The van der Waals surface area contributed by atoms with Crippen LogP contribution in [-0.2, 0) is 4.74 Å². The molecule has 98 valence electrons. The number of rotatable bonds is 0. The maximum Gasteiger partial charge on any atom is 0.410 e. The van der Waals surface area contributed by atoms with Gasteiger partial charge >= 0.3 is 6.09 Å². The fourth-order valence-electron chi connectivity index (χ4n) is 2.86. The molecule has 2 aliphatic rings. The summed E-state index contributed by atoms with van der Waals surface area (Å²) in [6.45, 7) is 7.10. The molecule has 1 saturated heterocycles. The molecule has 0 spiro atoms. The lowest BCUT2D eigenvalue weighted by molar-refractivity contribution is 0.0283. The van der Waals surface area contributed by atoms with E-state index in [0.29, 0.717) is 18.4 Å². The average molecular weight is 248 g/mol. The van der Waals surface area contributed by atoms with Crippen LogP contribution in [0.1, 0.15) is 33.6 Å². The molecule has 18 heavy (non-hydrogen) atoms. The maximum atomic E-state index is 12.0. The van der Waals surface area contributed by atoms with Gasteiger partial charge in [0.05, 0.1) is 6.07 Å². The van der Waals surface area contributed by atoms with E-state index in [-0.39, 0.29) is 6.09 Å². The van der Waals surface area contributed by atoms with E-state index < -0.39 is 5.60 Å². The molecule has 1 amide bonds. The molecule has 4 nitrogen and oxygen atoms in total. The number of likely N-dealkylation sites (tertiary alicyclic amines) is 1. The van der Waals surface area contributed by atoms with E-state index in [1.165, 1.54) is 5.57 Å². The Hall–Kier alpha value is -1.50. The summed E-state index contributed by atoms with van der Waals surface area (Å²) in [6.07, 6.45) is 3.51. The molecule has 0 radical (unpaired) electrons. The van der Waals surface area contributed by atoms with Crippen molar-refractivity contribution in [1.82, 2.24) is 4.90 Å². The molecular weight excluding hydrogens is 228 g/mol. The van der Waals surface area contributed by atoms with Gasteiger partial charge < -0.3 is 9.64 Å². The van der Waals surface area contributed by atoms with Gasteiger partial charge in [0, 0.05) is 25.1 Å². The minimum Gasteiger partial charge on any atom is -0.444 e. The molecule has 2 unspecified atom stereocenters. The predicted molar refractivity (Wildman–Crippen MR) is 67.7 cm³/mol. The molecule has 0 aromatic rings. The number of nitriles is 1. The fraction of sp³-hybridized carbons (Fsp3) is 0.714. The Morgan fingerprint density at radius 3 is 2.83 bits per heavy atom. The van der Waals surface area contributed by atoms with Crippen molar-refractivity contribution in [2.45, 2.75) is 39.2 Å². The van der Waals surface area contributed by atoms with Crippen LogP contribution in [-0.4, -0.2) is 29.7 Å². The van der Waals surface area contributed by atoms with E-state index in [1.807, 2.05) is 20.8 Å². The van der Waals surface area contributed by atoms with Crippen LogP contribution in [0.2, 0.25) is 0 Å². The van der Waals surface area contributed by atoms with Gasteiger partial charge in [0.1, 0.15) is 5.60 Å². The smallest absolute Gasteiger partial charge is 0.410 e. The van der Waals surface area contributed by atoms with Gasteiger partial charge in [0.15, 0.2) is 0 Å². The van der Waals surface area contributed by atoms with Crippen molar-refractivity contribution in [3.63, 3.8) is 0 Å². The van der Waals surface area contributed by atoms with Gasteiger partial charge in [-0.05, 0) is 39.5 Å². The number of ether oxygens (including phenoxy) is 1. The average Bonchev–Trinajstić information content (AvgIpc) is 2.77. The van der Waals surface area contributed by atoms with Crippen LogP contribution < -0.4 is 0 Å². The molecule has 0 aromatic heterocycles. The molecule has 1 heterocycles. The number of hydrogen-bond donors (Lipinski definition) is 0. The summed E-state index contributed by atoms with van der Waals surface area (Å²) in [5.41, 5.74) is 0.758. The molecule has 1 saturated carbocycles. The van der Waals surface area contributed by atoms with Crippen molar-refractivity contribution in [3.05, 3.63) is 11.6 Å². The highest BCUT2D eigenvalue weighted by molar-refractivity contribution is 5.68. The third-order valence-electron chi connectivity index (χ3n) is 3.62. The lowest BCUT2D eigenvalue weighted by Crippen LogP contribution is -2.35. The Labute approximate surface area is 108 Å². The van der Waals surface area contributed by atoms with Crippen molar-refractivity contribution in [2.75, 3.05) is 13.1 Å². The number of hydrogen-bond acceptors (Lipinski definition) is 3. The summed E-state index contributed by atoms with van der Waals surface area (Å²) >= 11 is 0. The van der Waals surface area contributed by atoms with Crippen LogP contribution in [0.3, 0.4) is 0 Å². The summed E-state index contributed by atoms with van der Waals surface area (Å²) in [5, 5.41) is 8.74. The number of carbonyl (C=O) groups excluding carboxylic acids is 1. The number of carbonyl (C=O) groups is 1. The number of amides is 1. The van der Waals surface area contributed by atoms with Crippen LogP contribution in [0.25, 0.3) is 0 Å². The van der Waals surface area contributed by atoms with E-state index in [9.17, 15) is 4.79 Å². The van der Waals surface area contributed by atoms with Crippen LogP contribution >= 0.6 is 0 Å². The predicted octanol–water partition coefficient (Wildman–Crippen LogP) is 2.71. The zero-order chi connectivity index (χ0) is 13.3. The van der Waals surface area contributed by atoms with Gasteiger partial charge in [-0.3, -0.25) is 0 Å². The number of fused-ring (bicyclic) bond motifs is 1.